The Morgan fingerprint density at radius 1 is 1.08 bits per heavy atom. The zero-order valence-electron chi connectivity index (χ0n) is 14.1. The third-order valence-electron chi connectivity index (χ3n) is 4.64. The fraction of sp³-hybridized carbons (Fsp3) is 0.316. The molecule has 1 aliphatic carbocycles. The van der Waals surface area contributed by atoms with E-state index in [1.165, 1.54) is 0 Å². The normalized spacial score (nSPS) is 20.0. The fourth-order valence-corrected chi connectivity index (χ4v) is 3.20. The maximum atomic E-state index is 13.9. The van der Waals surface area contributed by atoms with Gasteiger partial charge in [-0.3, -0.25) is 5.10 Å². The molecule has 0 aliphatic heterocycles. The molecule has 134 valence electrons. The lowest BCUT2D eigenvalue weighted by Gasteiger charge is -2.25. The first-order chi connectivity index (χ1) is 12.7. The molecule has 0 amide bonds. The maximum Gasteiger partial charge on any atom is 0.233 e. The van der Waals surface area contributed by atoms with Crippen LogP contribution in [0.1, 0.15) is 25.7 Å². The molecule has 2 heterocycles. The third-order valence-corrected chi connectivity index (χ3v) is 4.64. The summed E-state index contributed by atoms with van der Waals surface area (Å²) in [6.45, 7) is 0. The van der Waals surface area contributed by atoms with Gasteiger partial charge in [-0.25, -0.2) is 4.39 Å². The molecule has 2 aromatic heterocycles. The number of aromatic nitrogens is 4. The molecule has 1 saturated carbocycles. The summed E-state index contributed by atoms with van der Waals surface area (Å²) in [5.41, 5.74) is 2.82. The second kappa shape index (κ2) is 7.11. The minimum Gasteiger partial charge on any atom is -0.507 e. The minimum atomic E-state index is -0.954. The van der Waals surface area contributed by atoms with Crippen molar-refractivity contribution in [3.63, 3.8) is 0 Å². The van der Waals surface area contributed by atoms with Crippen LogP contribution in [0.2, 0.25) is 0 Å². The number of benzene rings is 1. The molecular weight excluding hydrogens is 335 g/mol. The van der Waals surface area contributed by atoms with Gasteiger partial charge < -0.3 is 9.84 Å². The predicted molar refractivity (Wildman–Crippen MR) is 94.5 cm³/mol. The van der Waals surface area contributed by atoms with Gasteiger partial charge in [0, 0.05) is 23.4 Å². The highest BCUT2D eigenvalue weighted by molar-refractivity contribution is 5.73. The summed E-state index contributed by atoms with van der Waals surface area (Å²) in [5, 5.41) is 25.1. The lowest BCUT2D eigenvalue weighted by atomic mass is 9.96. The molecule has 2 atom stereocenters. The Kier molecular flexibility index (Phi) is 4.51. The Morgan fingerprint density at radius 3 is 2.65 bits per heavy atom. The molecular formula is C19H19FN4O2. The molecule has 2 N–H and O–H groups in total. The lowest BCUT2D eigenvalue weighted by Crippen LogP contribution is -2.32. The average Bonchev–Trinajstić information content (AvgIpc) is 3.19. The number of phenolic OH excluding ortho intramolecular Hbond substituents is 1. The van der Waals surface area contributed by atoms with E-state index in [0.717, 1.165) is 24.0 Å². The van der Waals surface area contributed by atoms with Crippen LogP contribution in [0.3, 0.4) is 0 Å². The lowest BCUT2D eigenvalue weighted by molar-refractivity contribution is 0.0594. The number of hydrogen-bond acceptors (Lipinski definition) is 5. The molecule has 0 unspecified atom stereocenters. The number of alkyl halides is 1. The summed E-state index contributed by atoms with van der Waals surface area (Å²) in [7, 11) is 0. The summed E-state index contributed by atoms with van der Waals surface area (Å²) in [4.78, 5) is 0. The Balaban J connectivity index is 1.51. The van der Waals surface area contributed by atoms with E-state index in [0.29, 0.717) is 30.0 Å². The topological polar surface area (TPSA) is 83.9 Å². The molecule has 0 radical (unpaired) electrons. The van der Waals surface area contributed by atoms with Crippen LogP contribution >= 0.6 is 0 Å². The van der Waals surface area contributed by atoms with Crippen molar-refractivity contribution in [3.05, 3.63) is 42.7 Å². The highest BCUT2D eigenvalue weighted by Crippen LogP contribution is 2.32. The quantitative estimate of drug-likeness (QED) is 0.742. The van der Waals surface area contributed by atoms with Crippen LogP contribution in [0.15, 0.2) is 42.7 Å². The van der Waals surface area contributed by atoms with Gasteiger partial charge in [0.15, 0.2) is 0 Å². The monoisotopic (exact) mass is 354 g/mol. The Hall–Kier alpha value is -2.96. The van der Waals surface area contributed by atoms with Crippen molar-refractivity contribution >= 4 is 0 Å². The summed E-state index contributed by atoms with van der Waals surface area (Å²) < 4.78 is 19.5. The van der Waals surface area contributed by atoms with Gasteiger partial charge in [-0.2, -0.15) is 5.10 Å². The standard InChI is InChI=1S/C19H19FN4O2/c20-15-3-1-2-4-18(15)26-19-8-7-16(23-24-19)14-6-5-12(9-17(14)25)13-10-21-22-11-13/h5-11,15,18,25H,1-4H2,(H,21,22)/t15-,18+/m0/s1. The Labute approximate surface area is 150 Å². The highest BCUT2D eigenvalue weighted by atomic mass is 19.1. The first kappa shape index (κ1) is 16.5. The van der Waals surface area contributed by atoms with Crippen molar-refractivity contribution in [2.75, 3.05) is 0 Å². The van der Waals surface area contributed by atoms with Crippen LogP contribution in [0.5, 0.6) is 11.6 Å². The molecule has 1 aliphatic rings. The molecule has 0 spiro atoms. The summed E-state index contributed by atoms with van der Waals surface area (Å²) >= 11 is 0. The predicted octanol–water partition coefficient (Wildman–Crippen LogP) is 3.90. The van der Waals surface area contributed by atoms with Crippen LogP contribution in [-0.2, 0) is 0 Å². The van der Waals surface area contributed by atoms with Gasteiger partial charge in [-0.05, 0) is 43.0 Å². The molecule has 26 heavy (non-hydrogen) atoms. The van der Waals surface area contributed by atoms with Gasteiger partial charge >= 0.3 is 0 Å². The second-order valence-electron chi connectivity index (χ2n) is 6.43. The number of hydrogen-bond donors (Lipinski definition) is 2. The third kappa shape index (κ3) is 3.37. The van der Waals surface area contributed by atoms with Crippen LogP contribution in [0.4, 0.5) is 4.39 Å². The van der Waals surface area contributed by atoms with Gasteiger partial charge in [0.1, 0.15) is 18.0 Å². The van der Waals surface area contributed by atoms with Crippen molar-refractivity contribution in [2.24, 2.45) is 0 Å². The minimum absolute atomic E-state index is 0.0998. The number of H-pyrrole nitrogens is 1. The molecule has 0 bridgehead atoms. The number of halogens is 1. The number of nitrogens with one attached hydrogen (secondary N) is 1. The van der Waals surface area contributed by atoms with Crippen molar-refractivity contribution < 1.29 is 14.2 Å². The SMILES string of the molecule is Oc1cc(-c2cn[nH]c2)ccc1-c1ccc(O[C@@H]2CCCC[C@@H]2F)nn1. The van der Waals surface area contributed by atoms with Crippen LogP contribution in [-0.4, -0.2) is 37.8 Å². The smallest absolute Gasteiger partial charge is 0.233 e. The van der Waals surface area contributed by atoms with Crippen molar-refractivity contribution in [2.45, 2.75) is 38.0 Å². The van der Waals surface area contributed by atoms with Crippen molar-refractivity contribution in [3.8, 4) is 34.0 Å². The largest absolute Gasteiger partial charge is 0.507 e. The maximum absolute atomic E-state index is 13.9. The van der Waals surface area contributed by atoms with Gasteiger partial charge in [-0.15, -0.1) is 10.2 Å². The summed E-state index contributed by atoms with van der Waals surface area (Å²) in [5.74, 6) is 0.403. The van der Waals surface area contributed by atoms with Gasteiger partial charge in [-0.1, -0.05) is 12.5 Å². The first-order valence-corrected chi connectivity index (χ1v) is 8.68. The van der Waals surface area contributed by atoms with E-state index < -0.39 is 12.3 Å². The van der Waals surface area contributed by atoms with E-state index in [1.807, 2.05) is 6.07 Å². The number of ether oxygens (including phenoxy) is 1. The van der Waals surface area contributed by atoms with Crippen molar-refractivity contribution in [1.82, 2.24) is 20.4 Å². The zero-order valence-corrected chi connectivity index (χ0v) is 14.1. The molecule has 0 saturated heterocycles. The van der Waals surface area contributed by atoms with Crippen LogP contribution in [0, 0.1) is 0 Å². The Bertz CT molecular complexity index is 868. The van der Waals surface area contributed by atoms with Gasteiger partial charge in [0.25, 0.3) is 0 Å². The number of aromatic amines is 1. The Morgan fingerprint density at radius 2 is 1.96 bits per heavy atom. The number of phenols is 1. The molecule has 3 aromatic rings. The van der Waals surface area contributed by atoms with Gasteiger partial charge in [0.2, 0.25) is 5.88 Å². The summed E-state index contributed by atoms with van der Waals surface area (Å²) in [6.07, 6.45) is 5.13. The van der Waals surface area contributed by atoms with E-state index >= 15 is 0 Å². The fourth-order valence-electron chi connectivity index (χ4n) is 3.20. The van der Waals surface area contributed by atoms with E-state index in [9.17, 15) is 9.50 Å². The average molecular weight is 354 g/mol. The molecule has 1 aromatic carbocycles. The van der Waals surface area contributed by atoms with Gasteiger partial charge in [0.05, 0.1) is 11.9 Å². The number of nitrogens with zero attached hydrogens (tertiary/aromatic N) is 3. The zero-order chi connectivity index (χ0) is 17.9. The summed E-state index contributed by atoms with van der Waals surface area (Å²) in [6, 6.07) is 8.68. The van der Waals surface area contributed by atoms with Crippen molar-refractivity contribution in [1.29, 1.82) is 0 Å². The van der Waals surface area contributed by atoms with E-state index in [4.69, 9.17) is 4.74 Å². The molecule has 4 rings (SSSR count). The van der Waals surface area contributed by atoms with E-state index in [-0.39, 0.29) is 5.75 Å². The first-order valence-electron chi connectivity index (χ1n) is 8.68. The molecule has 6 nitrogen and oxygen atoms in total. The van der Waals surface area contributed by atoms with Crippen LogP contribution in [0.25, 0.3) is 22.4 Å². The number of aromatic hydroxyl groups is 1. The van der Waals surface area contributed by atoms with E-state index in [2.05, 4.69) is 20.4 Å². The number of rotatable bonds is 4. The highest BCUT2D eigenvalue weighted by Gasteiger charge is 2.26. The van der Waals surface area contributed by atoms with E-state index in [1.54, 1.807) is 36.7 Å². The second-order valence-corrected chi connectivity index (χ2v) is 6.43. The van der Waals surface area contributed by atoms with Crippen LogP contribution < -0.4 is 4.74 Å². The molecule has 1 fully saturated rings. The molecule has 7 heteroatoms.